The second kappa shape index (κ2) is 5.80. The number of likely N-dealkylation sites (tertiary alicyclic amines) is 1. The van der Waals surface area contributed by atoms with E-state index < -0.39 is 5.97 Å². The van der Waals surface area contributed by atoms with Crippen molar-refractivity contribution in [2.75, 3.05) is 20.1 Å². The summed E-state index contributed by atoms with van der Waals surface area (Å²) >= 11 is 0. The summed E-state index contributed by atoms with van der Waals surface area (Å²) in [4.78, 5) is 26.7. The Labute approximate surface area is 114 Å². The van der Waals surface area contributed by atoms with E-state index in [-0.39, 0.29) is 18.4 Å². The van der Waals surface area contributed by atoms with Gasteiger partial charge in [0.25, 0.3) is 0 Å². The molecule has 2 amide bonds. The highest BCUT2D eigenvalue weighted by atomic mass is 16.4. The number of aliphatic carboxylic acids is 1. The first kappa shape index (κ1) is 14.2. The van der Waals surface area contributed by atoms with Gasteiger partial charge in [-0.2, -0.15) is 0 Å². The molecule has 1 unspecified atom stereocenters. The van der Waals surface area contributed by atoms with Crippen molar-refractivity contribution in [3.63, 3.8) is 0 Å². The van der Waals surface area contributed by atoms with Crippen LogP contribution in [0.4, 0.5) is 4.79 Å². The van der Waals surface area contributed by atoms with Gasteiger partial charge in [0.1, 0.15) is 0 Å². The zero-order chi connectivity index (χ0) is 14.0. The van der Waals surface area contributed by atoms with Gasteiger partial charge in [-0.3, -0.25) is 4.79 Å². The average molecular weight is 268 g/mol. The van der Waals surface area contributed by atoms with Crippen LogP contribution in [0.15, 0.2) is 0 Å². The first-order valence-electron chi connectivity index (χ1n) is 7.22. The minimum Gasteiger partial charge on any atom is -0.481 e. The molecular weight excluding hydrogens is 244 g/mol. The quantitative estimate of drug-likeness (QED) is 0.848. The van der Waals surface area contributed by atoms with Crippen molar-refractivity contribution in [1.82, 2.24) is 9.80 Å². The molecule has 2 rings (SSSR count). The van der Waals surface area contributed by atoms with Crippen LogP contribution in [0.5, 0.6) is 0 Å². The van der Waals surface area contributed by atoms with Gasteiger partial charge in [-0.1, -0.05) is 0 Å². The van der Waals surface area contributed by atoms with Crippen LogP contribution in [-0.2, 0) is 4.79 Å². The Morgan fingerprint density at radius 1 is 1.26 bits per heavy atom. The Morgan fingerprint density at radius 3 is 2.32 bits per heavy atom. The maximum Gasteiger partial charge on any atom is 0.319 e. The number of rotatable bonds is 4. The van der Waals surface area contributed by atoms with Gasteiger partial charge in [-0.25, -0.2) is 4.79 Å². The highest BCUT2D eigenvalue weighted by molar-refractivity contribution is 5.74. The van der Waals surface area contributed by atoms with Gasteiger partial charge >= 0.3 is 12.0 Å². The van der Waals surface area contributed by atoms with Crippen LogP contribution in [0.2, 0.25) is 0 Å². The van der Waals surface area contributed by atoms with Crippen molar-refractivity contribution >= 4 is 12.0 Å². The molecule has 19 heavy (non-hydrogen) atoms. The summed E-state index contributed by atoms with van der Waals surface area (Å²) in [5.74, 6) is 0.176. The molecule has 1 saturated heterocycles. The maximum atomic E-state index is 12.3. The zero-order valence-corrected chi connectivity index (χ0v) is 11.8. The van der Waals surface area contributed by atoms with Crippen LogP contribution in [0.25, 0.3) is 0 Å². The van der Waals surface area contributed by atoms with Crippen LogP contribution in [0.1, 0.15) is 39.0 Å². The molecule has 1 N–H and O–H groups in total. The molecule has 1 heterocycles. The molecule has 1 saturated carbocycles. The summed E-state index contributed by atoms with van der Waals surface area (Å²) < 4.78 is 0. The molecule has 5 nitrogen and oxygen atoms in total. The molecule has 0 aromatic heterocycles. The molecular formula is C14H24N2O3. The third-order valence-corrected chi connectivity index (χ3v) is 4.57. The SMILES string of the molecule is CC(C1CC1)N(C)C(=O)N1CCC(CC(=O)O)CC1. The minimum atomic E-state index is -0.732. The van der Waals surface area contributed by atoms with Crippen molar-refractivity contribution in [3.05, 3.63) is 0 Å². The minimum absolute atomic E-state index is 0.105. The predicted molar refractivity (Wildman–Crippen MR) is 71.9 cm³/mol. The molecule has 0 aromatic rings. The van der Waals surface area contributed by atoms with Crippen molar-refractivity contribution in [2.24, 2.45) is 11.8 Å². The van der Waals surface area contributed by atoms with Crippen molar-refractivity contribution < 1.29 is 14.7 Å². The number of amides is 2. The lowest BCUT2D eigenvalue weighted by Gasteiger charge is -2.36. The van der Waals surface area contributed by atoms with Gasteiger partial charge in [-0.15, -0.1) is 0 Å². The largest absolute Gasteiger partial charge is 0.481 e. The number of hydrogen-bond donors (Lipinski definition) is 1. The van der Waals surface area contributed by atoms with Crippen LogP contribution in [0, 0.1) is 11.8 Å². The highest BCUT2D eigenvalue weighted by Gasteiger charge is 2.34. The molecule has 5 heteroatoms. The maximum absolute atomic E-state index is 12.3. The third kappa shape index (κ3) is 3.61. The smallest absolute Gasteiger partial charge is 0.319 e. The molecule has 0 spiro atoms. The van der Waals surface area contributed by atoms with Crippen LogP contribution in [-0.4, -0.2) is 53.1 Å². The molecule has 2 aliphatic rings. The summed E-state index contributed by atoms with van der Waals surface area (Å²) in [6.45, 7) is 3.50. The fourth-order valence-electron chi connectivity index (χ4n) is 2.87. The van der Waals surface area contributed by atoms with E-state index in [9.17, 15) is 9.59 Å². The third-order valence-electron chi connectivity index (χ3n) is 4.57. The van der Waals surface area contributed by atoms with Gasteiger partial charge in [0, 0.05) is 32.6 Å². The summed E-state index contributed by atoms with van der Waals surface area (Å²) in [6, 6.07) is 0.428. The number of piperidine rings is 1. The highest BCUT2D eigenvalue weighted by Crippen LogP contribution is 2.35. The standard InChI is InChI=1S/C14H24N2O3/c1-10(12-3-4-12)15(2)14(19)16-7-5-11(6-8-16)9-13(17)18/h10-12H,3-9H2,1-2H3,(H,17,18). The molecule has 2 fully saturated rings. The zero-order valence-electron chi connectivity index (χ0n) is 11.8. The van der Waals surface area contributed by atoms with E-state index in [1.165, 1.54) is 12.8 Å². The van der Waals surface area contributed by atoms with E-state index in [0.717, 1.165) is 12.8 Å². The number of carbonyl (C=O) groups is 2. The van der Waals surface area contributed by atoms with Gasteiger partial charge in [0.05, 0.1) is 0 Å². The number of carbonyl (C=O) groups excluding carboxylic acids is 1. The Morgan fingerprint density at radius 2 is 1.84 bits per heavy atom. The lowest BCUT2D eigenvalue weighted by molar-refractivity contribution is -0.138. The van der Waals surface area contributed by atoms with Gasteiger partial charge in [0.15, 0.2) is 0 Å². The summed E-state index contributed by atoms with van der Waals surface area (Å²) in [7, 11) is 1.88. The van der Waals surface area contributed by atoms with Crippen molar-refractivity contribution in [1.29, 1.82) is 0 Å². The Bertz CT molecular complexity index is 347. The molecule has 0 bridgehead atoms. The second-order valence-electron chi connectivity index (χ2n) is 6.00. The second-order valence-corrected chi connectivity index (χ2v) is 6.00. The average Bonchev–Trinajstić information content (AvgIpc) is 3.20. The fourth-order valence-corrected chi connectivity index (χ4v) is 2.87. The molecule has 1 aliphatic carbocycles. The van der Waals surface area contributed by atoms with Crippen LogP contribution < -0.4 is 0 Å². The molecule has 108 valence electrons. The summed E-state index contributed by atoms with van der Waals surface area (Å²) in [5.41, 5.74) is 0. The summed E-state index contributed by atoms with van der Waals surface area (Å²) in [5, 5.41) is 8.78. The van der Waals surface area contributed by atoms with Crippen LogP contribution in [0.3, 0.4) is 0 Å². The predicted octanol–water partition coefficient (Wildman–Crippen LogP) is 2.02. The Hall–Kier alpha value is -1.26. The molecule has 0 radical (unpaired) electrons. The van der Waals surface area contributed by atoms with E-state index in [4.69, 9.17) is 5.11 Å². The Balaban J connectivity index is 1.79. The van der Waals surface area contributed by atoms with Gasteiger partial charge in [0.2, 0.25) is 0 Å². The summed E-state index contributed by atoms with van der Waals surface area (Å²) in [6.07, 6.45) is 4.32. The number of carboxylic acid groups (broad SMARTS) is 1. The van der Waals surface area contributed by atoms with E-state index in [1.54, 1.807) is 0 Å². The number of nitrogens with zero attached hydrogens (tertiary/aromatic N) is 2. The van der Waals surface area contributed by atoms with E-state index in [2.05, 4.69) is 6.92 Å². The fraction of sp³-hybridized carbons (Fsp3) is 0.857. The lowest BCUT2D eigenvalue weighted by Crippen LogP contribution is -2.48. The first-order valence-corrected chi connectivity index (χ1v) is 7.22. The number of carboxylic acids is 1. The monoisotopic (exact) mass is 268 g/mol. The van der Waals surface area contributed by atoms with Crippen molar-refractivity contribution in [2.45, 2.75) is 45.1 Å². The van der Waals surface area contributed by atoms with Crippen molar-refractivity contribution in [3.8, 4) is 0 Å². The topological polar surface area (TPSA) is 60.9 Å². The van der Waals surface area contributed by atoms with E-state index >= 15 is 0 Å². The number of urea groups is 1. The van der Waals surface area contributed by atoms with E-state index in [0.29, 0.717) is 25.0 Å². The van der Waals surface area contributed by atoms with E-state index in [1.807, 2.05) is 16.8 Å². The normalized spacial score (nSPS) is 22.1. The van der Waals surface area contributed by atoms with Gasteiger partial charge < -0.3 is 14.9 Å². The molecule has 1 aliphatic heterocycles. The first-order chi connectivity index (χ1) is 8.99. The Kier molecular flexibility index (Phi) is 4.32. The number of hydrogen-bond acceptors (Lipinski definition) is 2. The van der Waals surface area contributed by atoms with Crippen LogP contribution >= 0.6 is 0 Å². The lowest BCUT2D eigenvalue weighted by atomic mass is 9.94. The van der Waals surface area contributed by atoms with Gasteiger partial charge in [-0.05, 0) is 44.4 Å². The molecule has 0 aromatic carbocycles. The molecule has 1 atom stereocenters.